The van der Waals surface area contributed by atoms with Gasteiger partial charge in [0.25, 0.3) is 0 Å². The number of ether oxygens (including phenoxy) is 1. The van der Waals surface area contributed by atoms with Gasteiger partial charge < -0.3 is 15.8 Å². The topological polar surface area (TPSA) is 64.4 Å². The van der Waals surface area contributed by atoms with Crippen LogP contribution in [0.25, 0.3) is 0 Å². The number of primary amides is 1. The summed E-state index contributed by atoms with van der Waals surface area (Å²) in [5.41, 5.74) is 4.86. The largest absolute Gasteiger partial charge is 0.448 e. The molecule has 80 valence electrons. The molecule has 4 heteroatoms. The highest BCUT2D eigenvalue weighted by molar-refractivity contribution is 5.64. The van der Waals surface area contributed by atoms with Gasteiger partial charge in [0.2, 0.25) is 0 Å². The average Bonchev–Trinajstić information content (AvgIpc) is 2.99. The molecule has 0 aromatic rings. The van der Waals surface area contributed by atoms with E-state index >= 15 is 0 Å². The maximum absolute atomic E-state index is 10.3. The Labute approximate surface area is 84.2 Å². The molecule has 0 bridgehead atoms. The van der Waals surface area contributed by atoms with Gasteiger partial charge in [-0.05, 0) is 37.5 Å². The van der Waals surface area contributed by atoms with Crippen LogP contribution in [-0.2, 0) is 4.74 Å². The van der Waals surface area contributed by atoms with Gasteiger partial charge in [0.1, 0.15) is 6.61 Å². The second-order valence-corrected chi connectivity index (χ2v) is 4.32. The Morgan fingerprint density at radius 1 is 1.36 bits per heavy atom. The Bertz CT molecular complexity index is 200. The minimum absolute atomic E-state index is 0.394. The van der Waals surface area contributed by atoms with Crippen molar-refractivity contribution in [2.45, 2.75) is 31.7 Å². The zero-order chi connectivity index (χ0) is 9.97. The fraction of sp³-hybridized carbons (Fsp3) is 0.900. The van der Waals surface area contributed by atoms with Crippen molar-refractivity contribution in [3.05, 3.63) is 0 Å². The first-order chi connectivity index (χ1) is 6.77. The Morgan fingerprint density at radius 2 is 1.93 bits per heavy atom. The molecule has 3 N–H and O–H groups in total. The number of rotatable bonds is 6. The highest BCUT2D eigenvalue weighted by Crippen LogP contribution is 2.44. The van der Waals surface area contributed by atoms with Gasteiger partial charge in [-0.2, -0.15) is 0 Å². The van der Waals surface area contributed by atoms with E-state index < -0.39 is 6.09 Å². The number of nitrogens with one attached hydrogen (secondary N) is 1. The first kappa shape index (κ1) is 9.77. The van der Waals surface area contributed by atoms with Gasteiger partial charge in [-0.15, -0.1) is 0 Å². The second-order valence-electron chi connectivity index (χ2n) is 4.32. The molecule has 2 saturated carbocycles. The molecule has 0 aliphatic heterocycles. The van der Waals surface area contributed by atoms with Crippen LogP contribution in [0.1, 0.15) is 25.7 Å². The molecule has 0 spiro atoms. The van der Waals surface area contributed by atoms with Crippen molar-refractivity contribution in [2.24, 2.45) is 17.6 Å². The molecule has 2 aliphatic carbocycles. The van der Waals surface area contributed by atoms with Crippen molar-refractivity contribution in [3.63, 3.8) is 0 Å². The Morgan fingerprint density at radius 3 is 2.36 bits per heavy atom. The predicted molar refractivity (Wildman–Crippen MR) is 52.8 cm³/mol. The molecule has 2 fully saturated rings. The molecule has 0 heterocycles. The number of hydrogen-bond donors (Lipinski definition) is 2. The molecule has 4 nitrogen and oxygen atoms in total. The maximum Gasteiger partial charge on any atom is 0.404 e. The average molecular weight is 198 g/mol. The van der Waals surface area contributed by atoms with Crippen molar-refractivity contribution in [2.75, 3.05) is 13.2 Å². The Kier molecular flexibility index (Phi) is 2.91. The summed E-state index contributed by atoms with van der Waals surface area (Å²) < 4.78 is 4.67. The van der Waals surface area contributed by atoms with Crippen molar-refractivity contribution >= 4 is 6.09 Å². The van der Waals surface area contributed by atoms with Gasteiger partial charge >= 0.3 is 6.09 Å². The van der Waals surface area contributed by atoms with E-state index in [-0.39, 0.29) is 0 Å². The van der Waals surface area contributed by atoms with Crippen molar-refractivity contribution in [1.82, 2.24) is 5.32 Å². The number of hydrogen-bond acceptors (Lipinski definition) is 3. The molecule has 0 aromatic heterocycles. The molecule has 2 aliphatic rings. The van der Waals surface area contributed by atoms with Crippen LogP contribution in [0.4, 0.5) is 4.79 Å². The number of nitrogens with two attached hydrogens (primary N) is 1. The van der Waals surface area contributed by atoms with E-state index in [4.69, 9.17) is 5.73 Å². The summed E-state index contributed by atoms with van der Waals surface area (Å²) in [5, 5.41) is 3.47. The minimum Gasteiger partial charge on any atom is -0.448 e. The van der Waals surface area contributed by atoms with Crippen molar-refractivity contribution < 1.29 is 9.53 Å². The summed E-state index contributed by atoms with van der Waals surface area (Å²) in [6.45, 7) is 1.13. The van der Waals surface area contributed by atoms with Crippen LogP contribution >= 0.6 is 0 Å². The van der Waals surface area contributed by atoms with E-state index in [1.807, 2.05) is 0 Å². The summed E-state index contributed by atoms with van der Waals surface area (Å²) in [6, 6.07) is 0.673. The summed E-state index contributed by atoms with van der Waals surface area (Å²) >= 11 is 0. The molecular formula is C10H18N2O2. The minimum atomic E-state index is -0.679. The quantitative estimate of drug-likeness (QED) is 0.622. The molecule has 0 unspecified atom stereocenters. The van der Waals surface area contributed by atoms with E-state index in [0.717, 1.165) is 18.4 Å². The lowest BCUT2D eigenvalue weighted by atomic mass is 10.1. The van der Waals surface area contributed by atoms with E-state index in [2.05, 4.69) is 10.1 Å². The number of carbonyl (C=O) groups excluding carboxylic acids is 1. The Balaban J connectivity index is 1.59. The molecule has 0 atom stereocenters. The summed E-state index contributed by atoms with van der Waals surface area (Å²) in [4.78, 5) is 10.3. The molecule has 2 rings (SSSR count). The fourth-order valence-electron chi connectivity index (χ4n) is 2.01. The zero-order valence-corrected chi connectivity index (χ0v) is 8.37. The van der Waals surface area contributed by atoms with Gasteiger partial charge in [0.15, 0.2) is 0 Å². The standard InChI is InChI=1S/C10H18N2O2/c11-10(13)14-6-5-12-9(7-1-2-7)8-3-4-8/h7-9,12H,1-6H2,(H2,11,13). The highest BCUT2D eigenvalue weighted by atomic mass is 16.5. The van der Waals surface area contributed by atoms with Gasteiger partial charge in [0.05, 0.1) is 0 Å². The van der Waals surface area contributed by atoms with Gasteiger partial charge in [-0.3, -0.25) is 0 Å². The van der Waals surface area contributed by atoms with Gasteiger partial charge in [-0.1, -0.05) is 0 Å². The number of carbonyl (C=O) groups is 1. The van der Waals surface area contributed by atoms with Crippen LogP contribution in [-0.4, -0.2) is 25.3 Å². The first-order valence-corrected chi connectivity index (χ1v) is 5.43. The lowest BCUT2D eigenvalue weighted by Crippen LogP contribution is -2.36. The maximum atomic E-state index is 10.3. The van der Waals surface area contributed by atoms with Gasteiger partial charge in [0, 0.05) is 12.6 Å². The van der Waals surface area contributed by atoms with E-state index in [1.54, 1.807) is 0 Å². The predicted octanol–water partition coefficient (Wildman–Crippen LogP) is 0.860. The summed E-state index contributed by atoms with van der Waals surface area (Å²) in [7, 11) is 0. The van der Waals surface area contributed by atoms with Crippen molar-refractivity contribution in [3.8, 4) is 0 Å². The lowest BCUT2D eigenvalue weighted by molar-refractivity contribution is 0.155. The fourth-order valence-corrected chi connectivity index (χ4v) is 2.01. The van der Waals surface area contributed by atoms with E-state index in [0.29, 0.717) is 12.6 Å². The Hall–Kier alpha value is -0.770. The van der Waals surface area contributed by atoms with Crippen molar-refractivity contribution in [1.29, 1.82) is 0 Å². The first-order valence-electron chi connectivity index (χ1n) is 5.43. The van der Waals surface area contributed by atoms with Crippen LogP contribution in [0.2, 0.25) is 0 Å². The van der Waals surface area contributed by atoms with E-state index in [1.165, 1.54) is 25.7 Å². The second kappa shape index (κ2) is 4.17. The van der Waals surface area contributed by atoms with Crippen LogP contribution in [0.3, 0.4) is 0 Å². The normalized spacial score (nSPS) is 21.2. The van der Waals surface area contributed by atoms with E-state index in [9.17, 15) is 4.79 Å². The molecule has 0 saturated heterocycles. The van der Waals surface area contributed by atoms with Crippen LogP contribution in [0.15, 0.2) is 0 Å². The van der Waals surface area contributed by atoms with Crippen LogP contribution in [0, 0.1) is 11.8 Å². The molecule has 14 heavy (non-hydrogen) atoms. The monoisotopic (exact) mass is 198 g/mol. The van der Waals surface area contributed by atoms with Crippen LogP contribution < -0.4 is 11.1 Å². The number of amides is 1. The molecule has 0 radical (unpaired) electrons. The SMILES string of the molecule is NC(=O)OCCNC(C1CC1)C1CC1. The highest BCUT2D eigenvalue weighted by Gasteiger charge is 2.40. The third-order valence-electron chi connectivity index (χ3n) is 2.99. The van der Waals surface area contributed by atoms with Crippen LogP contribution in [0.5, 0.6) is 0 Å². The molecular weight excluding hydrogens is 180 g/mol. The molecule has 1 amide bonds. The zero-order valence-electron chi connectivity index (χ0n) is 8.37. The molecule has 0 aromatic carbocycles. The van der Waals surface area contributed by atoms with Gasteiger partial charge in [-0.25, -0.2) is 4.79 Å². The smallest absolute Gasteiger partial charge is 0.404 e. The third-order valence-corrected chi connectivity index (χ3v) is 2.99. The third kappa shape index (κ3) is 2.87. The summed E-state index contributed by atoms with van der Waals surface area (Å²) in [6.07, 6.45) is 4.78. The summed E-state index contributed by atoms with van der Waals surface area (Å²) in [5.74, 6) is 1.77. The lowest BCUT2D eigenvalue weighted by Gasteiger charge is -2.17.